The van der Waals surface area contributed by atoms with Crippen molar-refractivity contribution >= 4 is 11.9 Å². The number of ether oxygens (including phenoxy) is 1. The van der Waals surface area contributed by atoms with Gasteiger partial charge in [-0.3, -0.25) is 4.79 Å². The molecule has 1 atom stereocenters. The number of carbonyl (C=O) groups is 2. The van der Waals surface area contributed by atoms with Gasteiger partial charge in [0.25, 0.3) is 0 Å². The zero-order chi connectivity index (χ0) is 15.2. The lowest BCUT2D eigenvalue weighted by atomic mass is 10.1. The number of rotatable bonds is 7. The second-order valence-electron chi connectivity index (χ2n) is 4.70. The van der Waals surface area contributed by atoms with E-state index in [1.165, 1.54) is 0 Å². The summed E-state index contributed by atoms with van der Waals surface area (Å²) < 4.78 is 5.03. The van der Waals surface area contributed by atoms with Crippen molar-refractivity contribution in [1.29, 1.82) is 0 Å². The molecule has 20 heavy (non-hydrogen) atoms. The maximum absolute atomic E-state index is 11.6. The molecule has 0 aliphatic rings. The summed E-state index contributed by atoms with van der Waals surface area (Å²) in [6, 6.07) is 7.34. The summed E-state index contributed by atoms with van der Waals surface area (Å²) in [5.74, 6) is -0.925. The molecule has 0 saturated carbocycles. The van der Waals surface area contributed by atoms with E-state index < -0.39 is 11.6 Å². The molecule has 0 aliphatic carbocycles. The van der Waals surface area contributed by atoms with E-state index in [9.17, 15) is 14.7 Å². The van der Waals surface area contributed by atoms with Crippen molar-refractivity contribution in [2.45, 2.75) is 25.4 Å². The third kappa shape index (κ3) is 4.89. The van der Waals surface area contributed by atoms with Crippen LogP contribution in [0.1, 0.15) is 18.9 Å². The van der Waals surface area contributed by atoms with Crippen LogP contribution in [0, 0.1) is 0 Å². The smallest absolute Gasteiger partial charge is 0.337 e. The van der Waals surface area contributed by atoms with Crippen molar-refractivity contribution in [3.8, 4) is 5.75 Å². The molecule has 0 aliphatic heterocycles. The first-order valence-electron chi connectivity index (χ1n) is 6.20. The third-order valence-corrected chi connectivity index (χ3v) is 2.89. The highest BCUT2D eigenvalue weighted by atomic mass is 16.5. The topological polar surface area (TPSA) is 95.9 Å². The fourth-order valence-corrected chi connectivity index (χ4v) is 1.48. The van der Waals surface area contributed by atoms with Crippen molar-refractivity contribution in [3.05, 3.63) is 29.8 Å². The lowest BCUT2D eigenvalue weighted by molar-refractivity contribution is -0.156. The number of carboxylic acids is 1. The number of carbonyl (C=O) groups excluding carboxylic acids is 1. The molecule has 6 heteroatoms. The molecule has 1 rings (SSSR count). The minimum absolute atomic E-state index is 0.224. The van der Waals surface area contributed by atoms with Crippen molar-refractivity contribution in [2.24, 2.45) is 0 Å². The van der Waals surface area contributed by atoms with Crippen molar-refractivity contribution in [2.75, 3.05) is 13.7 Å². The van der Waals surface area contributed by atoms with Crippen molar-refractivity contribution in [3.63, 3.8) is 0 Å². The molecule has 0 aromatic heterocycles. The van der Waals surface area contributed by atoms with Gasteiger partial charge in [0.2, 0.25) is 5.91 Å². The van der Waals surface area contributed by atoms with Crippen LogP contribution in [-0.2, 0) is 16.0 Å². The van der Waals surface area contributed by atoms with Crippen LogP contribution >= 0.6 is 0 Å². The van der Waals surface area contributed by atoms with Gasteiger partial charge in [-0.2, -0.15) is 0 Å². The van der Waals surface area contributed by atoms with Crippen LogP contribution in [0.4, 0.5) is 0 Å². The third-order valence-electron chi connectivity index (χ3n) is 2.89. The van der Waals surface area contributed by atoms with E-state index in [4.69, 9.17) is 9.84 Å². The van der Waals surface area contributed by atoms with Gasteiger partial charge >= 0.3 is 5.97 Å². The maximum atomic E-state index is 11.6. The largest absolute Gasteiger partial charge is 0.497 e. The van der Waals surface area contributed by atoms with Gasteiger partial charge in [0.15, 0.2) is 5.60 Å². The fraction of sp³-hybridized carbons (Fsp3) is 0.429. The van der Waals surface area contributed by atoms with Crippen LogP contribution in [0.25, 0.3) is 0 Å². The minimum Gasteiger partial charge on any atom is -0.497 e. The Morgan fingerprint density at radius 2 is 1.90 bits per heavy atom. The highest BCUT2D eigenvalue weighted by Gasteiger charge is 2.30. The van der Waals surface area contributed by atoms with E-state index >= 15 is 0 Å². The molecule has 1 amide bonds. The van der Waals surface area contributed by atoms with Gasteiger partial charge in [0.05, 0.1) is 13.7 Å². The Kier molecular flexibility index (Phi) is 5.52. The van der Waals surface area contributed by atoms with E-state index in [0.29, 0.717) is 6.42 Å². The number of aryl methyl sites for hydroxylation is 1. The lowest BCUT2D eigenvalue weighted by Crippen LogP contribution is -2.46. The van der Waals surface area contributed by atoms with Crippen LogP contribution in [0.3, 0.4) is 0 Å². The van der Waals surface area contributed by atoms with Crippen LogP contribution in [0.2, 0.25) is 0 Å². The summed E-state index contributed by atoms with van der Waals surface area (Å²) in [5.41, 5.74) is -0.971. The summed E-state index contributed by atoms with van der Waals surface area (Å²) >= 11 is 0. The van der Waals surface area contributed by atoms with Gasteiger partial charge in [-0.25, -0.2) is 4.79 Å². The minimum atomic E-state index is -1.95. The number of aliphatic hydroxyl groups is 1. The molecule has 1 aromatic carbocycles. The number of benzene rings is 1. The molecular weight excluding hydrogens is 262 g/mol. The Morgan fingerprint density at radius 1 is 1.30 bits per heavy atom. The summed E-state index contributed by atoms with van der Waals surface area (Å²) in [5, 5.41) is 20.6. The first-order valence-corrected chi connectivity index (χ1v) is 6.20. The second-order valence-corrected chi connectivity index (χ2v) is 4.70. The number of hydrogen-bond acceptors (Lipinski definition) is 4. The molecule has 0 bridgehead atoms. The molecule has 6 nitrogen and oxygen atoms in total. The van der Waals surface area contributed by atoms with E-state index in [1.54, 1.807) is 7.11 Å². The summed E-state index contributed by atoms with van der Waals surface area (Å²) in [7, 11) is 1.58. The summed E-state index contributed by atoms with van der Waals surface area (Å²) in [4.78, 5) is 22.2. The molecule has 0 fully saturated rings. The van der Waals surface area contributed by atoms with E-state index in [2.05, 4.69) is 5.32 Å². The SMILES string of the molecule is COc1ccc(CCC(=O)NCC(C)(O)C(=O)O)cc1. The predicted octanol–water partition coefficient (Wildman–Crippen LogP) is 0.580. The molecule has 3 N–H and O–H groups in total. The average Bonchev–Trinajstić information content (AvgIpc) is 2.43. The van der Waals surface area contributed by atoms with Gasteiger partial charge in [-0.15, -0.1) is 0 Å². The first kappa shape index (κ1) is 16.0. The zero-order valence-electron chi connectivity index (χ0n) is 11.5. The zero-order valence-corrected chi connectivity index (χ0v) is 11.5. The maximum Gasteiger partial charge on any atom is 0.337 e. The molecule has 1 unspecified atom stereocenters. The number of hydrogen-bond donors (Lipinski definition) is 3. The van der Waals surface area contributed by atoms with Crippen LogP contribution in [0.15, 0.2) is 24.3 Å². The fourth-order valence-electron chi connectivity index (χ4n) is 1.48. The predicted molar refractivity (Wildman–Crippen MR) is 72.6 cm³/mol. The van der Waals surface area contributed by atoms with Gasteiger partial charge in [0.1, 0.15) is 5.75 Å². The Labute approximate surface area is 117 Å². The van der Waals surface area contributed by atoms with Crippen LogP contribution in [-0.4, -0.2) is 41.3 Å². The molecule has 1 aromatic rings. The van der Waals surface area contributed by atoms with Gasteiger partial charge in [-0.1, -0.05) is 12.1 Å². The standard InChI is InChI=1S/C14H19NO5/c1-14(19,13(17)18)9-15-12(16)8-5-10-3-6-11(20-2)7-4-10/h3-4,6-7,19H,5,8-9H2,1-2H3,(H,15,16)(H,17,18). The Bertz CT molecular complexity index is 467. The Morgan fingerprint density at radius 3 is 2.40 bits per heavy atom. The number of nitrogens with one attached hydrogen (secondary N) is 1. The Hall–Kier alpha value is -2.08. The lowest BCUT2D eigenvalue weighted by Gasteiger charge is -2.18. The van der Waals surface area contributed by atoms with Crippen molar-refractivity contribution < 1.29 is 24.5 Å². The normalized spacial score (nSPS) is 13.3. The van der Waals surface area contributed by atoms with Gasteiger partial charge in [-0.05, 0) is 31.0 Å². The first-order chi connectivity index (χ1) is 9.35. The van der Waals surface area contributed by atoms with Crippen LogP contribution in [0.5, 0.6) is 5.75 Å². The Balaban J connectivity index is 2.38. The molecule has 110 valence electrons. The van der Waals surface area contributed by atoms with E-state index in [1.807, 2.05) is 24.3 Å². The molecular formula is C14H19NO5. The number of aliphatic carboxylic acids is 1. The number of amides is 1. The summed E-state index contributed by atoms with van der Waals surface area (Å²) in [6.45, 7) is 0.822. The van der Waals surface area contributed by atoms with E-state index in [-0.39, 0.29) is 18.9 Å². The van der Waals surface area contributed by atoms with Gasteiger partial charge in [0, 0.05) is 6.42 Å². The average molecular weight is 281 g/mol. The number of methoxy groups -OCH3 is 1. The highest BCUT2D eigenvalue weighted by Crippen LogP contribution is 2.12. The molecule has 0 spiro atoms. The molecule has 0 heterocycles. The summed E-state index contributed by atoms with van der Waals surface area (Å²) in [6.07, 6.45) is 0.757. The highest BCUT2D eigenvalue weighted by molar-refractivity contribution is 5.80. The monoisotopic (exact) mass is 281 g/mol. The van der Waals surface area contributed by atoms with Crippen molar-refractivity contribution in [1.82, 2.24) is 5.32 Å². The van der Waals surface area contributed by atoms with E-state index in [0.717, 1.165) is 18.2 Å². The number of carboxylic acid groups (broad SMARTS) is 1. The second kappa shape index (κ2) is 6.91. The molecule has 0 radical (unpaired) electrons. The van der Waals surface area contributed by atoms with Crippen LogP contribution < -0.4 is 10.1 Å². The van der Waals surface area contributed by atoms with Gasteiger partial charge < -0.3 is 20.3 Å². The molecule has 0 saturated heterocycles. The quantitative estimate of drug-likeness (QED) is 0.679.